The van der Waals surface area contributed by atoms with Crippen LogP contribution in [0, 0.1) is 13.8 Å². The molecule has 2 heterocycles. The Morgan fingerprint density at radius 1 is 1.10 bits per heavy atom. The van der Waals surface area contributed by atoms with Crippen molar-refractivity contribution in [3.63, 3.8) is 0 Å². The topological polar surface area (TPSA) is 106 Å². The first-order valence-corrected chi connectivity index (χ1v) is 9.74. The summed E-state index contributed by atoms with van der Waals surface area (Å²) in [6, 6.07) is 12.2. The highest BCUT2D eigenvalue weighted by Gasteiger charge is 2.23. The normalized spacial score (nSPS) is 10.6. The maximum atomic E-state index is 12.9. The fourth-order valence-corrected chi connectivity index (χ4v) is 3.99. The molecule has 0 fully saturated rings. The van der Waals surface area contributed by atoms with Crippen molar-refractivity contribution in [2.24, 2.45) is 5.73 Å². The van der Waals surface area contributed by atoms with Crippen LogP contribution in [0.2, 0.25) is 0 Å². The standard InChI is InChI=1S/C21H21N3O4S/c1-13-14(2)29-20(18(13)19(22)26)23-17(25)12-24(11-16-9-6-10-28-16)21(27)15-7-4-3-5-8-15/h3-10H,11-12H2,1-2H3,(H2,22,26)(H,23,25). The lowest BCUT2D eigenvalue weighted by Crippen LogP contribution is -2.37. The summed E-state index contributed by atoms with van der Waals surface area (Å²) in [6.45, 7) is 3.57. The van der Waals surface area contributed by atoms with Gasteiger partial charge in [0.1, 0.15) is 17.3 Å². The number of carbonyl (C=O) groups excluding carboxylic acids is 3. The Hall–Kier alpha value is -3.39. The van der Waals surface area contributed by atoms with Crippen LogP contribution in [0.15, 0.2) is 53.1 Å². The van der Waals surface area contributed by atoms with Gasteiger partial charge in [0, 0.05) is 10.4 Å². The van der Waals surface area contributed by atoms with Crippen molar-refractivity contribution < 1.29 is 18.8 Å². The maximum absolute atomic E-state index is 12.9. The Morgan fingerprint density at radius 2 is 1.83 bits per heavy atom. The summed E-state index contributed by atoms with van der Waals surface area (Å²) < 4.78 is 5.33. The number of nitrogens with two attached hydrogens (primary N) is 1. The van der Waals surface area contributed by atoms with Crippen molar-refractivity contribution >= 4 is 34.1 Å². The van der Waals surface area contributed by atoms with Gasteiger partial charge in [-0.15, -0.1) is 11.3 Å². The van der Waals surface area contributed by atoms with Crippen molar-refractivity contribution in [2.45, 2.75) is 20.4 Å². The van der Waals surface area contributed by atoms with E-state index in [-0.39, 0.29) is 19.0 Å². The van der Waals surface area contributed by atoms with E-state index < -0.39 is 11.8 Å². The van der Waals surface area contributed by atoms with Crippen LogP contribution in [0.1, 0.15) is 36.9 Å². The van der Waals surface area contributed by atoms with Crippen LogP contribution in [0.3, 0.4) is 0 Å². The first-order valence-electron chi connectivity index (χ1n) is 8.93. The Balaban J connectivity index is 1.80. The van der Waals surface area contributed by atoms with Gasteiger partial charge in [-0.1, -0.05) is 18.2 Å². The lowest BCUT2D eigenvalue weighted by atomic mass is 10.1. The van der Waals surface area contributed by atoms with Crippen LogP contribution in [-0.4, -0.2) is 29.2 Å². The highest BCUT2D eigenvalue weighted by molar-refractivity contribution is 7.16. The zero-order chi connectivity index (χ0) is 21.0. The number of anilines is 1. The summed E-state index contributed by atoms with van der Waals surface area (Å²) in [4.78, 5) is 39.7. The molecule has 3 amide bonds. The molecule has 3 N–H and O–H groups in total. The van der Waals surface area contributed by atoms with Gasteiger partial charge < -0.3 is 20.4 Å². The van der Waals surface area contributed by atoms with E-state index in [2.05, 4.69) is 5.32 Å². The number of carbonyl (C=O) groups is 3. The van der Waals surface area contributed by atoms with Crippen molar-refractivity contribution in [3.05, 3.63) is 76.1 Å². The summed E-state index contributed by atoms with van der Waals surface area (Å²) in [5.41, 5.74) is 6.97. The number of amides is 3. The SMILES string of the molecule is Cc1sc(NC(=O)CN(Cc2ccco2)C(=O)c2ccccc2)c(C(N)=O)c1C. The molecule has 0 aliphatic rings. The number of rotatable bonds is 7. The first-order chi connectivity index (χ1) is 13.9. The summed E-state index contributed by atoms with van der Waals surface area (Å²) in [5, 5.41) is 3.12. The molecule has 2 aromatic heterocycles. The maximum Gasteiger partial charge on any atom is 0.254 e. The van der Waals surface area contributed by atoms with Crippen molar-refractivity contribution in [3.8, 4) is 0 Å². The van der Waals surface area contributed by atoms with E-state index in [1.165, 1.54) is 22.5 Å². The third kappa shape index (κ3) is 4.72. The van der Waals surface area contributed by atoms with Gasteiger partial charge in [-0.3, -0.25) is 14.4 Å². The van der Waals surface area contributed by atoms with Gasteiger partial charge in [-0.05, 0) is 43.7 Å². The van der Waals surface area contributed by atoms with E-state index in [1.807, 2.05) is 13.0 Å². The lowest BCUT2D eigenvalue weighted by molar-refractivity contribution is -0.117. The van der Waals surface area contributed by atoms with E-state index in [0.717, 1.165) is 10.4 Å². The smallest absolute Gasteiger partial charge is 0.254 e. The van der Waals surface area contributed by atoms with E-state index in [4.69, 9.17) is 10.2 Å². The van der Waals surface area contributed by atoms with Crippen LogP contribution in [0.25, 0.3) is 0 Å². The third-order valence-electron chi connectivity index (χ3n) is 4.45. The van der Waals surface area contributed by atoms with E-state index in [9.17, 15) is 14.4 Å². The average molecular weight is 411 g/mol. The summed E-state index contributed by atoms with van der Waals surface area (Å²) in [7, 11) is 0. The fraction of sp³-hybridized carbons (Fsp3) is 0.190. The molecule has 0 atom stereocenters. The number of primary amides is 1. The molecule has 0 saturated carbocycles. The van der Waals surface area contributed by atoms with Gasteiger partial charge in [-0.25, -0.2) is 0 Å². The zero-order valence-electron chi connectivity index (χ0n) is 16.1. The molecule has 3 aromatic rings. The molecule has 8 heteroatoms. The van der Waals surface area contributed by atoms with E-state index in [0.29, 0.717) is 21.9 Å². The van der Waals surface area contributed by atoms with Gasteiger partial charge in [0.2, 0.25) is 5.91 Å². The van der Waals surface area contributed by atoms with Gasteiger partial charge in [0.25, 0.3) is 11.8 Å². The monoisotopic (exact) mass is 411 g/mol. The fourth-order valence-electron chi connectivity index (χ4n) is 2.90. The molecule has 0 spiro atoms. The quantitative estimate of drug-likeness (QED) is 0.622. The summed E-state index contributed by atoms with van der Waals surface area (Å²) >= 11 is 1.28. The number of hydrogen-bond acceptors (Lipinski definition) is 5. The molecule has 0 aliphatic heterocycles. The second kappa shape index (κ2) is 8.74. The molecule has 0 bridgehead atoms. The largest absolute Gasteiger partial charge is 0.467 e. The molecule has 29 heavy (non-hydrogen) atoms. The van der Waals surface area contributed by atoms with E-state index in [1.54, 1.807) is 43.3 Å². The third-order valence-corrected chi connectivity index (χ3v) is 5.58. The van der Waals surface area contributed by atoms with Crippen molar-refractivity contribution in [1.29, 1.82) is 0 Å². The van der Waals surface area contributed by atoms with Crippen LogP contribution in [0.5, 0.6) is 0 Å². The predicted molar refractivity (Wildman–Crippen MR) is 111 cm³/mol. The number of aryl methyl sites for hydroxylation is 1. The molecule has 7 nitrogen and oxygen atoms in total. The molecule has 0 unspecified atom stereocenters. The number of furan rings is 1. The molecular weight excluding hydrogens is 390 g/mol. The average Bonchev–Trinajstić information content (AvgIpc) is 3.29. The van der Waals surface area contributed by atoms with Gasteiger partial charge in [0.15, 0.2) is 0 Å². The molecule has 0 radical (unpaired) electrons. The Labute approximate surface area is 172 Å². The Bertz CT molecular complexity index is 1030. The summed E-state index contributed by atoms with van der Waals surface area (Å²) in [6.07, 6.45) is 1.51. The molecule has 150 valence electrons. The minimum absolute atomic E-state index is 0.138. The number of benzene rings is 1. The minimum atomic E-state index is -0.602. The molecule has 3 rings (SSSR count). The molecular formula is C21H21N3O4S. The zero-order valence-corrected chi connectivity index (χ0v) is 16.9. The number of nitrogens with one attached hydrogen (secondary N) is 1. The highest BCUT2D eigenvalue weighted by atomic mass is 32.1. The Morgan fingerprint density at radius 3 is 2.45 bits per heavy atom. The molecule has 0 saturated heterocycles. The van der Waals surface area contributed by atoms with Gasteiger partial charge in [0.05, 0.1) is 18.4 Å². The van der Waals surface area contributed by atoms with Crippen molar-refractivity contribution in [1.82, 2.24) is 4.90 Å². The van der Waals surface area contributed by atoms with Crippen LogP contribution in [0.4, 0.5) is 5.00 Å². The second-order valence-electron chi connectivity index (χ2n) is 6.51. The van der Waals surface area contributed by atoms with Crippen LogP contribution in [-0.2, 0) is 11.3 Å². The van der Waals surface area contributed by atoms with E-state index >= 15 is 0 Å². The summed E-state index contributed by atoms with van der Waals surface area (Å²) in [5.74, 6) is -0.770. The lowest BCUT2D eigenvalue weighted by Gasteiger charge is -2.21. The minimum Gasteiger partial charge on any atom is -0.467 e. The predicted octanol–water partition coefficient (Wildman–Crippen LogP) is 3.34. The second-order valence-corrected chi connectivity index (χ2v) is 7.73. The number of hydrogen-bond donors (Lipinski definition) is 2. The van der Waals surface area contributed by atoms with Crippen LogP contribution >= 0.6 is 11.3 Å². The number of thiophene rings is 1. The van der Waals surface area contributed by atoms with Gasteiger partial charge in [-0.2, -0.15) is 0 Å². The number of nitrogens with zero attached hydrogens (tertiary/aromatic N) is 1. The van der Waals surface area contributed by atoms with Gasteiger partial charge >= 0.3 is 0 Å². The highest BCUT2D eigenvalue weighted by Crippen LogP contribution is 2.32. The van der Waals surface area contributed by atoms with Crippen molar-refractivity contribution in [2.75, 3.05) is 11.9 Å². The molecule has 0 aliphatic carbocycles. The first kappa shape index (κ1) is 20.3. The van der Waals surface area contributed by atoms with Crippen LogP contribution < -0.4 is 11.1 Å². The molecule has 1 aromatic carbocycles. The Kier molecular flexibility index (Phi) is 6.13.